The van der Waals surface area contributed by atoms with Crippen LogP contribution in [0.5, 0.6) is 0 Å². The molecule has 0 aliphatic heterocycles. The Morgan fingerprint density at radius 2 is 2.42 bits per heavy atom. The van der Waals surface area contributed by atoms with Crippen LogP contribution in [-0.4, -0.2) is 16.5 Å². The van der Waals surface area contributed by atoms with Crippen LogP contribution in [0.4, 0.5) is 10.2 Å². The molecule has 12 heavy (non-hydrogen) atoms. The van der Waals surface area contributed by atoms with Crippen molar-refractivity contribution < 1.29 is 4.39 Å². The Morgan fingerprint density at radius 1 is 1.58 bits per heavy atom. The normalized spacial score (nSPS) is 9.00. The number of anilines is 1. The first-order chi connectivity index (χ1) is 5.86. The van der Waals surface area contributed by atoms with E-state index in [1.54, 1.807) is 0 Å². The monoisotopic (exact) mass is 165 g/mol. The van der Waals surface area contributed by atoms with E-state index < -0.39 is 6.67 Å². The summed E-state index contributed by atoms with van der Waals surface area (Å²) in [6.07, 6.45) is 6.32. The molecule has 1 rings (SSSR count). The van der Waals surface area contributed by atoms with Crippen molar-refractivity contribution >= 4 is 5.82 Å². The van der Waals surface area contributed by atoms with Crippen LogP contribution in [0.25, 0.3) is 0 Å². The van der Waals surface area contributed by atoms with Gasteiger partial charge in [0, 0.05) is 6.07 Å². The summed E-state index contributed by atoms with van der Waals surface area (Å²) < 4.78 is 12.1. The quantitative estimate of drug-likeness (QED) is 0.679. The predicted molar refractivity (Wildman–Crippen MR) is 44.2 cm³/mol. The van der Waals surface area contributed by atoms with E-state index in [0.29, 0.717) is 18.1 Å². The molecular weight excluding hydrogens is 157 g/mol. The van der Waals surface area contributed by atoms with Crippen LogP contribution in [-0.2, 0) is 6.67 Å². The Morgan fingerprint density at radius 3 is 3.08 bits per heavy atom. The van der Waals surface area contributed by atoms with E-state index in [1.807, 2.05) is 0 Å². The van der Waals surface area contributed by atoms with Crippen molar-refractivity contribution in [1.82, 2.24) is 9.97 Å². The van der Waals surface area contributed by atoms with Gasteiger partial charge in [-0.2, -0.15) is 0 Å². The van der Waals surface area contributed by atoms with Gasteiger partial charge in [-0.05, 0) is 0 Å². The van der Waals surface area contributed by atoms with Crippen molar-refractivity contribution in [3.63, 3.8) is 0 Å². The van der Waals surface area contributed by atoms with Gasteiger partial charge in [0.05, 0.1) is 12.2 Å². The SMILES string of the molecule is C#CCNc1cc(CF)ncn1. The molecule has 0 radical (unpaired) electrons. The first kappa shape index (κ1) is 8.47. The number of nitrogens with zero attached hydrogens (tertiary/aromatic N) is 2. The lowest BCUT2D eigenvalue weighted by atomic mass is 10.4. The molecular formula is C8H8FN3. The van der Waals surface area contributed by atoms with Gasteiger partial charge in [0.15, 0.2) is 0 Å². The van der Waals surface area contributed by atoms with Crippen LogP contribution >= 0.6 is 0 Å². The number of nitrogens with one attached hydrogen (secondary N) is 1. The second kappa shape index (κ2) is 4.29. The van der Waals surface area contributed by atoms with Gasteiger partial charge in [-0.15, -0.1) is 6.42 Å². The van der Waals surface area contributed by atoms with E-state index in [1.165, 1.54) is 12.4 Å². The predicted octanol–water partition coefficient (Wildman–Crippen LogP) is 0.991. The minimum absolute atomic E-state index is 0.351. The fourth-order valence-electron chi connectivity index (χ4n) is 0.709. The maximum atomic E-state index is 12.1. The van der Waals surface area contributed by atoms with Crippen molar-refractivity contribution in [3.8, 4) is 12.3 Å². The topological polar surface area (TPSA) is 37.8 Å². The standard InChI is InChI=1S/C8H8FN3/c1-2-3-10-8-4-7(5-9)11-6-12-8/h1,4,6H,3,5H2,(H,10,11,12). The van der Waals surface area contributed by atoms with Gasteiger partial charge in [-0.25, -0.2) is 14.4 Å². The zero-order valence-electron chi connectivity index (χ0n) is 6.42. The molecule has 1 heterocycles. The van der Waals surface area contributed by atoms with Gasteiger partial charge in [-0.1, -0.05) is 5.92 Å². The highest BCUT2D eigenvalue weighted by Gasteiger charge is 1.95. The number of hydrogen-bond acceptors (Lipinski definition) is 3. The molecule has 0 fully saturated rings. The Hall–Kier alpha value is -1.63. The summed E-state index contributed by atoms with van der Waals surface area (Å²) >= 11 is 0. The maximum Gasteiger partial charge on any atom is 0.132 e. The molecule has 0 spiro atoms. The largest absolute Gasteiger partial charge is 0.359 e. The Bertz CT molecular complexity index is 293. The average Bonchev–Trinajstić information content (AvgIpc) is 2.15. The number of rotatable bonds is 3. The highest BCUT2D eigenvalue weighted by molar-refractivity contribution is 5.35. The fraction of sp³-hybridized carbons (Fsp3) is 0.250. The molecule has 62 valence electrons. The highest BCUT2D eigenvalue weighted by atomic mass is 19.1. The molecule has 0 aliphatic carbocycles. The molecule has 4 heteroatoms. The van der Waals surface area contributed by atoms with Crippen LogP contribution in [0.2, 0.25) is 0 Å². The van der Waals surface area contributed by atoms with E-state index >= 15 is 0 Å². The molecule has 1 N–H and O–H groups in total. The van der Waals surface area contributed by atoms with Gasteiger partial charge >= 0.3 is 0 Å². The zero-order chi connectivity index (χ0) is 8.81. The van der Waals surface area contributed by atoms with E-state index in [-0.39, 0.29) is 0 Å². The summed E-state index contributed by atoms with van der Waals surface area (Å²) in [7, 11) is 0. The first-order valence-electron chi connectivity index (χ1n) is 3.41. The second-order valence-corrected chi connectivity index (χ2v) is 2.09. The Labute approximate surface area is 70.0 Å². The van der Waals surface area contributed by atoms with Crippen LogP contribution in [0, 0.1) is 12.3 Å². The molecule has 0 atom stereocenters. The molecule has 3 nitrogen and oxygen atoms in total. The summed E-state index contributed by atoms with van der Waals surface area (Å²) in [4.78, 5) is 7.53. The molecule has 1 aromatic heterocycles. The summed E-state index contributed by atoms with van der Waals surface area (Å²) in [6, 6.07) is 1.53. The summed E-state index contributed by atoms with van der Waals surface area (Å²) in [5, 5.41) is 2.82. The lowest BCUT2D eigenvalue weighted by Crippen LogP contribution is -2.01. The van der Waals surface area contributed by atoms with Gasteiger partial charge in [-0.3, -0.25) is 0 Å². The van der Waals surface area contributed by atoms with Crippen molar-refractivity contribution in [2.75, 3.05) is 11.9 Å². The van der Waals surface area contributed by atoms with Crippen LogP contribution < -0.4 is 5.32 Å². The van der Waals surface area contributed by atoms with E-state index in [2.05, 4.69) is 21.2 Å². The Balaban J connectivity index is 2.67. The molecule has 0 amide bonds. The third-order valence-corrected chi connectivity index (χ3v) is 1.23. The Kier molecular flexibility index (Phi) is 3.03. The van der Waals surface area contributed by atoms with E-state index in [4.69, 9.17) is 6.42 Å². The molecule has 0 aliphatic rings. The van der Waals surface area contributed by atoms with Crippen molar-refractivity contribution in [2.45, 2.75) is 6.67 Å². The number of alkyl halides is 1. The maximum absolute atomic E-state index is 12.1. The van der Waals surface area contributed by atoms with E-state index in [0.717, 1.165) is 0 Å². The minimum atomic E-state index is -0.590. The number of hydrogen-bond donors (Lipinski definition) is 1. The summed E-state index contributed by atoms with van der Waals surface area (Å²) in [5.41, 5.74) is 0.351. The summed E-state index contributed by atoms with van der Waals surface area (Å²) in [6.45, 7) is -0.212. The fourth-order valence-corrected chi connectivity index (χ4v) is 0.709. The molecule has 0 bridgehead atoms. The lowest BCUT2D eigenvalue weighted by Gasteiger charge is -2.00. The van der Waals surface area contributed by atoms with Gasteiger partial charge < -0.3 is 5.32 Å². The highest BCUT2D eigenvalue weighted by Crippen LogP contribution is 2.03. The number of halogens is 1. The van der Waals surface area contributed by atoms with Crippen LogP contribution in [0.1, 0.15) is 5.69 Å². The minimum Gasteiger partial charge on any atom is -0.359 e. The molecule has 0 saturated heterocycles. The molecule has 0 aromatic carbocycles. The zero-order valence-corrected chi connectivity index (χ0v) is 6.42. The first-order valence-corrected chi connectivity index (χ1v) is 3.41. The number of terminal acetylenes is 1. The second-order valence-electron chi connectivity index (χ2n) is 2.09. The van der Waals surface area contributed by atoms with Gasteiger partial charge in [0.1, 0.15) is 18.8 Å². The van der Waals surface area contributed by atoms with Crippen molar-refractivity contribution in [2.24, 2.45) is 0 Å². The average molecular weight is 165 g/mol. The van der Waals surface area contributed by atoms with E-state index in [9.17, 15) is 4.39 Å². The molecule has 1 aromatic rings. The van der Waals surface area contributed by atoms with Crippen molar-refractivity contribution in [3.05, 3.63) is 18.1 Å². The summed E-state index contributed by atoms with van der Waals surface area (Å²) in [5.74, 6) is 2.94. The number of aromatic nitrogens is 2. The third kappa shape index (κ3) is 2.20. The van der Waals surface area contributed by atoms with Gasteiger partial charge in [0.25, 0.3) is 0 Å². The van der Waals surface area contributed by atoms with Crippen LogP contribution in [0.3, 0.4) is 0 Å². The van der Waals surface area contributed by atoms with Gasteiger partial charge in [0.2, 0.25) is 0 Å². The third-order valence-electron chi connectivity index (χ3n) is 1.23. The molecule has 0 saturated carbocycles. The smallest absolute Gasteiger partial charge is 0.132 e. The van der Waals surface area contributed by atoms with Crippen molar-refractivity contribution in [1.29, 1.82) is 0 Å². The molecule has 0 unspecified atom stereocenters. The van der Waals surface area contributed by atoms with Crippen LogP contribution in [0.15, 0.2) is 12.4 Å². The lowest BCUT2D eigenvalue weighted by molar-refractivity contribution is 0.475.